The maximum atomic E-state index is 11.4. The molecule has 0 amide bonds. The summed E-state index contributed by atoms with van der Waals surface area (Å²) in [6.07, 6.45) is -0.394. The van der Waals surface area contributed by atoms with Gasteiger partial charge in [0.05, 0.1) is 4.92 Å². The number of rotatable bonds is 7. The van der Waals surface area contributed by atoms with Crippen molar-refractivity contribution < 1.29 is 24.4 Å². The number of nitro groups is 1. The fourth-order valence-electron chi connectivity index (χ4n) is 1.37. The molecule has 0 aliphatic rings. The number of nitro benzene ring substituents is 1. The average Bonchev–Trinajstić information content (AvgIpc) is 2.42. The van der Waals surface area contributed by atoms with E-state index in [0.29, 0.717) is 5.56 Å². The maximum absolute atomic E-state index is 11.4. The highest BCUT2D eigenvalue weighted by Crippen LogP contribution is 2.12. The van der Waals surface area contributed by atoms with Gasteiger partial charge in [0.2, 0.25) is 0 Å². The maximum Gasteiger partial charge on any atom is 0.323 e. The van der Waals surface area contributed by atoms with Gasteiger partial charge >= 0.3 is 5.97 Å². The van der Waals surface area contributed by atoms with Crippen molar-refractivity contribution >= 4 is 17.6 Å². The second-order valence-corrected chi connectivity index (χ2v) is 4.05. The number of ether oxygens (including phenoxy) is 1. The van der Waals surface area contributed by atoms with E-state index in [1.807, 2.05) is 0 Å². The summed E-state index contributed by atoms with van der Waals surface area (Å²) in [6, 6.07) is 4.46. The number of esters is 1. The Morgan fingerprint density at radius 2 is 1.90 bits per heavy atom. The van der Waals surface area contributed by atoms with E-state index in [0.717, 1.165) is 0 Å². The molecule has 20 heavy (non-hydrogen) atoms. The number of hydrogen-bond acceptors (Lipinski definition) is 7. The predicted molar refractivity (Wildman–Crippen MR) is 65.1 cm³/mol. The highest BCUT2D eigenvalue weighted by atomic mass is 16.6. The van der Waals surface area contributed by atoms with Gasteiger partial charge in [-0.05, 0) is 30.5 Å². The summed E-state index contributed by atoms with van der Waals surface area (Å²) < 4.78 is 4.88. The number of carboxylic acid groups (broad SMARTS) is 1. The van der Waals surface area contributed by atoms with Crippen molar-refractivity contribution in [3.8, 4) is 0 Å². The Hall–Kier alpha value is -2.48. The second kappa shape index (κ2) is 7.19. The van der Waals surface area contributed by atoms with Crippen molar-refractivity contribution in [1.82, 2.24) is 0 Å². The number of carbonyl (C=O) groups is 2. The number of nitrogens with zero attached hydrogens (tertiary/aromatic N) is 1. The Kier molecular flexibility index (Phi) is 5.60. The van der Waals surface area contributed by atoms with Gasteiger partial charge in [-0.25, -0.2) is 0 Å². The molecule has 1 rings (SSSR count). The third-order valence-corrected chi connectivity index (χ3v) is 2.49. The first-order valence-corrected chi connectivity index (χ1v) is 5.75. The van der Waals surface area contributed by atoms with Gasteiger partial charge in [-0.2, -0.15) is 0 Å². The number of aliphatic carboxylic acids is 1. The summed E-state index contributed by atoms with van der Waals surface area (Å²) in [5, 5.41) is 20.7. The molecule has 8 nitrogen and oxygen atoms in total. The van der Waals surface area contributed by atoms with E-state index in [2.05, 4.69) is 0 Å². The third-order valence-electron chi connectivity index (χ3n) is 2.49. The van der Waals surface area contributed by atoms with Crippen LogP contribution in [0.2, 0.25) is 0 Å². The van der Waals surface area contributed by atoms with E-state index in [-0.39, 0.29) is 25.1 Å². The lowest BCUT2D eigenvalue weighted by molar-refractivity contribution is -0.384. The molecule has 0 heterocycles. The van der Waals surface area contributed by atoms with E-state index in [4.69, 9.17) is 10.5 Å². The molecule has 1 aromatic carbocycles. The lowest BCUT2D eigenvalue weighted by Gasteiger charge is -2.11. The normalized spacial score (nSPS) is 11.7. The third kappa shape index (κ3) is 5.02. The van der Waals surface area contributed by atoms with Crippen LogP contribution in [0.3, 0.4) is 0 Å². The van der Waals surface area contributed by atoms with Crippen LogP contribution in [0.1, 0.15) is 18.4 Å². The molecule has 0 aromatic heterocycles. The molecule has 1 aromatic rings. The Morgan fingerprint density at radius 3 is 2.40 bits per heavy atom. The molecule has 108 valence electrons. The number of non-ortho nitro benzene ring substituents is 1. The van der Waals surface area contributed by atoms with Gasteiger partial charge in [0.1, 0.15) is 12.6 Å². The summed E-state index contributed by atoms with van der Waals surface area (Å²) in [5.41, 5.74) is 5.94. The SMILES string of the molecule is N[C@H](CCC(=O)[O-])C(=O)OCc1ccc([N+](=O)[O-])cc1. The highest BCUT2D eigenvalue weighted by Gasteiger charge is 2.15. The Morgan fingerprint density at radius 1 is 1.30 bits per heavy atom. The van der Waals surface area contributed by atoms with Crippen molar-refractivity contribution in [2.75, 3.05) is 0 Å². The molecule has 1 atom stereocenters. The zero-order chi connectivity index (χ0) is 15.1. The molecular formula is C12H13N2O6-. The topological polar surface area (TPSA) is 136 Å². The quantitative estimate of drug-likeness (QED) is 0.404. The number of nitrogens with two attached hydrogens (primary N) is 1. The van der Waals surface area contributed by atoms with E-state index in [1.165, 1.54) is 24.3 Å². The number of carbonyl (C=O) groups excluding carboxylic acids is 2. The minimum atomic E-state index is -1.29. The number of carboxylic acids is 1. The van der Waals surface area contributed by atoms with Crippen LogP contribution >= 0.6 is 0 Å². The molecule has 0 aliphatic carbocycles. The van der Waals surface area contributed by atoms with Crippen molar-refractivity contribution in [3.63, 3.8) is 0 Å². The lowest BCUT2D eigenvalue weighted by atomic mass is 10.2. The lowest BCUT2D eigenvalue weighted by Crippen LogP contribution is -2.34. The summed E-state index contributed by atoms with van der Waals surface area (Å²) in [6.45, 7) is -0.0875. The van der Waals surface area contributed by atoms with Crippen LogP contribution in [-0.2, 0) is 20.9 Å². The minimum Gasteiger partial charge on any atom is -0.550 e. The first-order valence-electron chi connectivity index (χ1n) is 5.75. The minimum absolute atomic E-state index is 0.0641. The number of benzene rings is 1. The van der Waals surface area contributed by atoms with Gasteiger partial charge in [-0.1, -0.05) is 0 Å². The molecule has 8 heteroatoms. The Bertz CT molecular complexity index is 499. The van der Waals surface area contributed by atoms with E-state index in [9.17, 15) is 24.8 Å². The van der Waals surface area contributed by atoms with Crippen LogP contribution in [0.15, 0.2) is 24.3 Å². The van der Waals surface area contributed by atoms with Crippen molar-refractivity contribution in [1.29, 1.82) is 0 Å². The Labute approximate surface area is 114 Å². The van der Waals surface area contributed by atoms with Crippen LogP contribution in [0, 0.1) is 10.1 Å². The van der Waals surface area contributed by atoms with Crippen molar-refractivity contribution in [3.05, 3.63) is 39.9 Å². The zero-order valence-corrected chi connectivity index (χ0v) is 10.5. The molecule has 0 aliphatic heterocycles. The van der Waals surface area contributed by atoms with Gasteiger partial charge in [0, 0.05) is 18.1 Å². The Balaban J connectivity index is 2.44. The van der Waals surface area contributed by atoms with Gasteiger partial charge in [-0.3, -0.25) is 14.9 Å². The monoisotopic (exact) mass is 281 g/mol. The van der Waals surface area contributed by atoms with E-state index >= 15 is 0 Å². The molecule has 0 unspecified atom stereocenters. The fraction of sp³-hybridized carbons (Fsp3) is 0.333. The largest absolute Gasteiger partial charge is 0.550 e. The van der Waals surface area contributed by atoms with Crippen LogP contribution in [0.4, 0.5) is 5.69 Å². The van der Waals surface area contributed by atoms with Gasteiger partial charge in [-0.15, -0.1) is 0 Å². The standard InChI is InChI=1S/C12H14N2O6/c13-10(5-6-11(15)16)12(17)20-7-8-1-3-9(4-2-8)14(18)19/h1-4,10H,5-7,13H2,(H,15,16)/p-1/t10-/m1/s1. The van der Waals surface area contributed by atoms with Crippen LogP contribution in [0.25, 0.3) is 0 Å². The van der Waals surface area contributed by atoms with Crippen molar-refractivity contribution in [2.24, 2.45) is 5.73 Å². The first kappa shape index (κ1) is 15.6. The predicted octanol–water partition coefficient (Wildman–Crippen LogP) is -0.505. The smallest absolute Gasteiger partial charge is 0.323 e. The molecule has 2 N–H and O–H groups in total. The van der Waals surface area contributed by atoms with Gasteiger partial charge in [0.15, 0.2) is 0 Å². The molecule has 0 fully saturated rings. The zero-order valence-electron chi connectivity index (χ0n) is 10.5. The number of hydrogen-bond donors (Lipinski definition) is 1. The van der Waals surface area contributed by atoms with Crippen LogP contribution < -0.4 is 10.8 Å². The summed E-state index contributed by atoms with van der Waals surface area (Å²) in [4.78, 5) is 31.6. The molecule has 0 saturated carbocycles. The fourth-order valence-corrected chi connectivity index (χ4v) is 1.37. The van der Waals surface area contributed by atoms with E-state index < -0.39 is 22.9 Å². The molecule has 0 spiro atoms. The average molecular weight is 281 g/mol. The van der Waals surface area contributed by atoms with Crippen molar-refractivity contribution in [2.45, 2.75) is 25.5 Å². The van der Waals surface area contributed by atoms with Crippen LogP contribution in [-0.4, -0.2) is 22.9 Å². The summed E-state index contributed by atoms with van der Waals surface area (Å²) in [7, 11) is 0. The first-order chi connectivity index (χ1) is 9.40. The van der Waals surface area contributed by atoms with Gasteiger partial charge in [0.25, 0.3) is 5.69 Å². The van der Waals surface area contributed by atoms with Gasteiger partial charge < -0.3 is 20.4 Å². The van der Waals surface area contributed by atoms with Crippen LogP contribution in [0.5, 0.6) is 0 Å². The summed E-state index contributed by atoms with van der Waals surface area (Å²) >= 11 is 0. The molecule has 0 saturated heterocycles. The second-order valence-electron chi connectivity index (χ2n) is 4.05. The summed E-state index contributed by atoms with van der Waals surface area (Å²) in [5.74, 6) is -2.02. The van der Waals surface area contributed by atoms with E-state index in [1.54, 1.807) is 0 Å². The molecule has 0 radical (unpaired) electrons. The highest BCUT2D eigenvalue weighted by molar-refractivity contribution is 5.76. The molecule has 0 bridgehead atoms. The molecular weight excluding hydrogens is 268 g/mol.